The zero-order valence-corrected chi connectivity index (χ0v) is 15.6. The van der Waals surface area contributed by atoms with Gasteiger partial charge in [0.25, 0.3) is 17.6 Å². The Kier molecular flexibility index (Phi) is 5.53. The third-order valence-electron chi connectivity index (χ3n) is 5.07. The summed E-state index contributed by atoms with van der Waals surface area (Å²) >= 11 is 0. The Labute approximate surface area is 161 Å². The van der Waals surface area contributed by atoms with Crippen LogP contribution in [-0.4, -0.2) is 64.8 Å². The van der Waals surface area contributed by atoms with Crippen molar-refractivity contribution in [2.45, 2.75) is 38.4 Å². The molecule has 1 aromatic carbocycles. The predicted octanol–water partition coefficient (Wildman–Crippen LogP) is 0.261. The number of hydrogen-bond donors (Lipinski definition) is 1. The third kappa shape index (κ3) is 3.92. The summed E-state index contributed by atoms with van der Waals surface area (Å²) in [6, 6.07) is 3.98. The first kappa shape index (κ1) is 19.7. The van der Waals surface area contributed by atoms with Crippen molar-refractivity contribution in [3.8, 4) is 0 Å². The Morgan fingerprint density at radius 1 is 1.29 bits per heavy atom. The van der Waals surface area contributed by atoms with Crippen LogP contribution in [0, 0.1) is 5.82 Å². The minimum atomic E-state index is -1.44. The highest BCUT2D eigenvalue weighted by atomic mass is 19.1. The Hall–Kier alpha value is -3.10. The molecule has 2 atom stereocenters. The van der Waals surface area contributed by atoms with E-state index in [1.54, 1.807) is 11.9 Å². The van der Waals surface area contributed by atoms with Crippen molar-refractivity contribution in [2.24, 2.45) is 4.99 Å². The Balaban J connectivity index is 1.73. The van der Waals surface area contributed by atoms with Crippen LogP contribution >= 0.6 is 0 Å². The van der Waals surface area contributed by atoms with Crippen LogP contribution in [-0.2, 0) is 25.7 Å². The Bertz CT molecular complexity index is 852. The lowest BCUT2D eigenvalue weighted by Crippen LogP contribution is -2.58. The molecule has 0 aliphatic carbocycles. The summed E-state index contributed by atoms with van der Waals surface area (Å²) in [6.07, 6.45) is 0.840. The second-order valence-corrected chi connectivity index (χ2v) is 6.89. The molecule has 1 saturated heterocycles. The summed E-state index contributed by atoms with van der Waals surface area (Å²) in [6.45, 7) is 1.81. The van der Waals surface area contributed by atoms with Crippen LogP contribution in [0.25, 0.3) is 0 Å². The second kappa shape index (κ2) is 7.87. The third-order valence-corrected chi connectivity index (χ3v) is 5.07. The molecule has 0 spiro atoms. The highest BCUT2D eigenvalue weighted by Gasteiger charge is 2.43. The summed E-state index contributed by atoms with van der Waals surface area (Å²) in [5.74, 6) is -2.47. The molecule has 0 radical (unpaired) electrons. The van der Waals surface area contributed by atoms with Gasteiger partial charge in [-0.1, -0.05) is 12.1 Å². The zero-order chi connectivity index (χ0) is 20.4. The molecule has 3 amide bonds. The summed E-state index contributed by atoms with van der Waals surface area (Å²) in [5.41, 5.74) is 0.652. The fourth-order valence-corrected chi connectivity index (χ4v) is 3.28. The topological polar surface area (TPSA) is 99.2 Å². The van der Waals surface area contributed by atoms with Gasteiger partial charge in [-0.25, -0.2) is 4.39 Å². The van der Waals surface area contributed by atoms with Gasteiger partial charge >= 0.3 is 0 Å². The number of Topliss-reactive ketones (excluding diaryl/α,β-unsaturated/α-hetero) is 1. The maximum Gasteiger partial charge on any atom is 0.298 e. The van der Waals surface area contributed by atoms with E-state index in [0.29, 0.717) is 24.2 Å². The first-order chi connectivity index (χ1) is 13.3. The van der Waals surface area contributed by atoms with Crippen LogP contribution in [0.2, 0.25) is 0 Å². The van der Waals surface area contributed by atoms with Crippen molar-refractivity contribution >= 4 is 29.3 Å². The van der Waals surface area contributed by atoms with Crippen LogP contribution in [0.1, 0.15) is 25.3 Å². The fraction of sp³-hybridized carbons (Fsp3) is 0.421. The maximum absolute atomic E-state index is 13.0. The normalized spacial score (nSPS) is 21.7. The number of fused-ring (bicyclic) bond motifs is 1. The SMILES string of the molecule is CC(=O)N(C)C1CCN2C(=O)C(=O)C(C(=O)NCc3ccc(F)cc3)N=C2C1. The minimum Gasteiger partial charge on any atom is -0.350 e. The van der Waals surface area contributed by atoms with Crippen molar-refractivity contribution < 1.29 is 23.6 Å². The molecule has 0 bridgehead atoms. The number of amidine groups is 1. The molecule has 148 valence electrons. The Morgan fingerprint density at radius 3 is 2.61 bits per heavy atom. The van der Waals surface area contributed by atoms with Gasteiger partial charge in [0.15, 0.2) is 6.04 Å². The number of aliphatic imine (C=N–C) groups is 1. The summed E-state index contributed by atoms with van der Waals surface area (Å²) in [7, 11) is 1.67. The number of nitrogens with zero attached hydrogens (tertiary/aromatic N) is 3. The molecule has 8 nitrogen and oxygen atoms in total. The number of carbonyl (C=O) groups is 4. The number of halogens is 1. The Morgan fingerprint density at radius 2 is 1.96 bits per heavy atom. The van der Waals surface area contributed by atoms with Gasteiger partial charge in [0.05, 0.1) is 0 Å². The summed E-state index contributed by atoms with van der Waals surface area (Å²) < 4.78 is 13.0. The van der Waals surface area contributed by atoms with Crippen molar-refractivity contribution in [3.05, 3.63) is 35.6 Å². The maximum atomic E-state index is 13.0. The van der Waals surface area contributed by atoms with E-state index in [1.807, 2.05) is 0 Å². The van der Waals surface area contributed by atoms with Crippen LogP contribution in [0.3, 0.4) is 0 Å². The summed E-state index contributed by atoms with van der Waals surface area (Å²) in [4.78, 5) is 55.8. The van der Waals surface area contributed by atoms with Crippen LogP contribution in [0.15, 0.2) is 29.3 Å². The first-order valence-corrected chi connectivity index (χ1v) is 8.96. The van der Waals surface area contributed by atoms with E-state index >= 15 is 0 Å². The molecule has 9 heteroatoms. The molecule has 1 N–H and O–H groups in total. The first-order valence-electron chi connectivity index (χ1n) is 8.96. The number of ketones is 1. The van der Waals surface area contributed by atoms with Gasteiger partial charge in [0, 0.05) is 39.5 Å². The number of rotatable bonds is 4. The quantitative estimate of drug-likeness (QED) is 0.591. The van der Waals surface area contributed by atoms with Gasteiger partial charge in [-0.05, 0) is 24.1 Å². The number of benzene rings is 1. The molecule has 3 rings (SSSR count). The van der Waals surface area contributed by atoms with Crippen LogP contribution in [0.5, 0.6) is 0 Å². The lowest BCUT2D eigenvalue weighted by molar-refractivity contribution is -0.146. The van der Waals surface area contributed by atoms with Gasteiger partial charge in [-0.2, -0.15) is 0 Å². The minimum absolute atomic E-state index is 0.0847. The van der Waals surface area contributed by atoms with Crippen LogP contribution in [0.4, 0.5) is 4.39 Å². The zero-order valence-electron chi connectivity index (χ0n) is 15.6. The van der Waals surface area contributed by atoms with Gasteiger partial charge in [0.1, 0.15) is 11.7 Å². The molecule has 1 fully saturated rings. The monoisotopic (exact) mass is 388 g/mol. The molecule has 2 unspecified atom stereocenters. The average molecular weight is 388 g/mol. The van der Waals surface area contributed by atoms with Gasteiger partial charge < -0.3 is 10.2 Å². The fourth-order valence-electron chi connectivity index (χ4n) is 3.28. The van der Waals surface area contributed by atoms with Gasteiger partial charge in [-0.15, -0.1) is 0 Å². The number of piperidine rings is 1. The molecule has 2 aliphatic rings. The number of nitrogens with one attached hydrogen (secondary N) is 1. The molecule has 28 heavy (non-hydrogen) atoms. The van der Waals surface area contributed by atoms with Gasteiger partial charge in [0.2, 0.25) is 5.91 Å². The molecule has 1 aromatic rings. The van der Waals surface area contributed by atoms with Crippen molar-refractivity contribution in [2.75, 3.05) is 13.6 Å². The second-order valence-electron chi connectivity index (χ2n) is 6.89. The summed E-state index contributed by atoms with van der Waals surface area (Å²) in [5, 5.41) is 2.56. The molecule has 0 saturated carbocycles. The molecule has 0 aromatic heterocycles. The lowest BCUT2D eigenvalue weighted by atomic mass is 9.98. The van der Waals surface area contributed by atoms with E-state index in [-0.39, 0.29) is 25.0 Å². The average Bonchev–Trinajstić information content (AvgIpc) is 2.69. The predicted molar refractivity (Wildman–Crippen MR) is 97.7 cm³/mol. The van der Waals surface area contributed by atoms with E-state index in [1.165, 1.54) is 36.1 Å². The van der Waals surface area contributed by atoms with E-state index in [0.717, 1.165) is 0 Å². The van der Waals surface area contributed by atoms with E-state index < -0.39 is 29.5 Å². The number of hydrogen-bond acceptors (Lipinski definition) is 5. The molecule has 2 aliphatic heterocycles. The van der Waals surface area contributed by atoms with E-state index in [9.17, 15) is 23.6 Å². The molecule has 2 heterocycles. The van der Waals surface area contributed by atoms with Crippen LogP contribution < -0.4 is 5.32 Å². The highest BCUT2D eigenvalue weighted by molar-refractivity contribution is 6.46. The van der Waals surface area contributed by atoms with E-state index in [2.05, 4.69) is 10.3 Å². The smallest absolute Gasteiger partial charge is 0.298 e. The van der Waals surface area contributed by atoms with E-state index in [4.69, 9.17) is 0 Å². The number of amides is 3. The molecular formula is C19H21FN4O4. The van der Waals surface area contributed by atoms with Crippen molar-refractivity contribution in [1.29, 1.82) is 0 Å². The number of carbonyl (C=O) groups excluding carboxylic acids is 4. The van der Waals surface area contributed by atoms with Crippen molar-refractivity contribution in [3.63, 3.8) is 0 Å². The standard InChI is InChI=1S/C19H21FN4O4/c1-11(25)23(2)14-7-8-24-15(9-14)22-16(17(26)19(24)28)18(27)21-10-12-3-5-13(20)6-4-12/h3-6,14,16H,7-10H2,1-2H3,(H,21,27). The van der Waals surface area contributed by atoms with Crippen molar-refractivity contribution in [1.82, 2.24) is 15.1 Å². The molecular weight excluding hydrogens is 367 g/mol. The lowest BCUT2D eigenvalue weighted by Gasteiger charge is -2.39. The highest BCUT2D eigenvalue weighted by Crippen LogP contribution is 2.22. The van der Waals surface area contributed by atoms with Gasteiger partial charge in [-0.3, -0.25) is 29.1 Å². The largest absolute Gasteiger partial charge is 0.350 e.